The second kappa shape index (κ2) is 10.8. The predicted octanol–water partition coefficient (Wildman–Crippen LogP) is 2.07. The number of likely N-dealkylation sites (tertiary alicyclic amines) is 1. The van der Waals surface area contributed by atoms with Crippen molar-refractivity contribution < 1.29 is 19.1 Å². The topological polar surface area (TPSA) is 107 Å². The summed E-state index contributed by atoms with van der Waals surface area (Å²) in [5, 5.41) is 5.48. The lowest BCUT2D eigenvalue weighted by Crippen LogP contribution is -2.49. The predicted molar refractivity (Wildman–Crippen MR) is 133 cm³/mol. The molecule has 1 atom stereocenters. The molecule has 1 aromatic heterocycles. The normalized spacial score (nSPS) is 22.7. The number of amides is 3. The number of carbonyl (C=O) groups is 3. The maximum atomic E-state index is 12.3. The Labute approximate surface area is 207 Å². The van der Waals surface area contributed by atoms with E-state index in [0.717, 1.165) is 64.3 Å². The number of hydrogen-bond donors (Lipinski definition) is 2. The number of nitrogens with zero attached hydrogens (tertiary/aromatic N) is 4. The van der Waals surface area contributed by atoms with Crippen molar-refractivity contribution in [2.75, 3.05) is 56.0 Å². The Kier molecular flexibility index (Phi) is 7.78. The Morgan fingerprint density at radius 2 is 1.80 bits per heavy atom. The van der Waals surface area contributed by atoms with Gasteiger partial charge in [-0.05, 0) is 58.1 Å². The van der Waals surface area contributed by atoms with E-state index < -0.39 is 11.6 Å². The number of anilines is 2. The van der Waals surface area contributed by atoms with E-state index >= 15 is 0 Å². The number of piperazine rings is 1. The molecule has 3 fully saturated rings. The highest BCUT2D eigenvalue weighted by Crippen LogP contribution is 2.23. The van der Waals surface area contributed by atoms with Crippen LogP contribution in [0.2, 0.25) is 0 Å². The third kappa shape index (κ3) is 7.06. The third-order valence-corrected chi connectivity index (χ3v) is 6.83. The Balaban J connectivity index is 1.18. The van der Waals surface area contributed by atoms with Crippen molar-refractivity contribution in [1.29, 1.82) is 0 Å². The van der Waals surface area contributed by atoms with Gasteiger partial charge < -0.3 is 19.9 Å². The van der Waals surface area contributed by atoms with Gasteiger partial charge in [0.25, 0.3) is 0 Å². The first-order chi connectivity index (χ1) is 16.7. The summed E-state index contributed by atoms with van der Waals surface area (Å²) < 4.78 is 5.50. The standard InChI is InChI=1S/C25H38N6O4/c1-25(2,3)35-24(34)31-10-8-18(9-11-31)17-29-12-14-30(15-13-29)19-4-6-21(26-16-19)27-20-5-7-22(32)28-23(20)33/h4,6,16,18,20H,5,7-15,17H2,1-3H3,(H,26,27)(H,28,32,33). The summed E-state index contributed by atoms with van der Waals surface area (Å²) >= 11 is 0. The number of pyridine rings is 1. The van der Waals surface area contributed by atoms with E-state index in [1.807, 2.05) is 44.0 Å². The molecule has 3 amide bonds. The van der Waals surface area contributed by atoms with Crippen LogP contribution in [0.3, 0.4) is 0 Å². The molecule has 10 heteroatoms. The summed E-state index contributed by atoms with van der Waals surface area (Å²) in [6, 6.07) is 3.50. The zero-order valence-electron chi connectivity index (χ0n) is 21.1. The summed E-state index contributed by atoms with van der Waals surface area (Å²) in [5.41, 5.74) is 0.622. The van der Waals surface area contributed by atoms with Crippen molar-refractivity contribution in [3.8, 4) is 0 Å². The second-order valence-electron chi connectivity index (χ2n) is 10.7. The van der Waals surface area contributed by atoms with Crippen LogP contribution in [0.4, 0.5) is 16.3 Å². The molecule has 3 aliphatic rings. The maximum absolute atomic E-state index is 12.3. The SMILES string of the molecule is CC(C)(C)OC(=O)N1CCC(CN2CCN(c3ccc(NC4CCC(=O)NC4=O)nc3)CC2)CC1. The molecule has 0 radical (unpaired) electrons. The highest BCUT2D eigenvalue weighted by Gasteiger charge is 2.29. The van der Waals surface area contributed by atoms with E-state index in [-0.39, 0.29) is 17.9 Å². The van der Waals surface area contributed by atoms with Gasteiger partial charge >= 0.3 is 6.09 Å². The van der Waals surface area contributed by atoms with Crippen LogP contribution in [0, 0.1) is 5.92 Å². The molecule has 0 bridgehead atoms. The highest BCUT2D eigenvalue weighted by molar-refractivity contribution is 6.01. The number of aromatic nitrogens is 1. The molecule has 3 saturated heterocycles. The Hall–Kier alpha value is -2.88. The van der Waals surface area contributed by atoms with E-state index in [1.165, 1.54) is 0 Å². The number of rotatable bonds is 5. The quantitative estimate of drug-likeness (QED) is 0.609. The number of ether oxygens (including phenoxy) is 1. The minimum Gasteiger partial charge on any atom is -0.444 e. The second-order valence-corrected chi connectivity index (χ2v) is 10.7. The summed E-state index contributed by atoms with van der Waals surface area (Å²) in [4.78, 5) is 46.7. The van der Waals surface area contributed by atoms with E-state index in [1.54, 1.807) is 0 Å². The van der Waals surface area contributed by atoms with E-state index in [2.05, 4.69) is 25.4 Å². The van der Waals surface area contributed by atoms with Crippen molar-refractivity contribution in [2.24, 2.45) is 5.92 Å². The minimum absolute atomic E-state index is 0.198. The van der Waals surface area contributed by atoms with Gasteiger partial charge in [0, 0.05) is 52.2 Å². The average Bonchev–Trinajstić information content (AvgIpc) is 2.81. The van der Waals surface area contributed by atoms with E-state index in [0.29, 0.717) is 24.6 Å². The van der Waals surface area contributed by atoms with Crippen LogP contribution in [0.5, 0.6) is 0 Å². The van der Waals surface area contributed by atoms with Gasteiger partial charge in [-0.2, -0.15) is 0 Å². The minimum atomic E-state index is -0.451. The first-order valence-electron chi connectivity index (χ1n) is 12.7. The molecule has 0 spiro atoms. The number of hydrogen-bond acceptors (Lipinski definition) is 8. The molecule has 3 aliphatic heterocycles. The average molecular weight is 487 g/mol. The van der Waals surface area contributed by atoms with Gasteiger partial charge in [-0.3, -0.25) is 19.8 Å². The summed E-state index contributed by atoms with van der Waals surface area (Å²) in [7, 11) is 0. The lowest BCUT2D eigenvalue weighted by atomic mass is 9.96. The molecule has 0 aliphatic carbocycles. The van der Waals surface area contributed by atoms with Gasteiger partial charge in [-0.25, -0.2) is 9.78 Å². The van der Waals surface area contributed by atoms with Crippen LogP contribution >= 0.6 is 0 Å². The van der Waals surface area contributed by atoms with Gasteiger partial charge in [0.2, 0.25) is 11.8 Å². The fraction of sp³-hybridized carbons (Fsp3) is 0.680. The van der Waals surface area contributed by atoms with Gasteiger partial charge in [-0.1, -0.05) is 0 Å². The van der Waals surface area contributed by atoms with Crippen LogP contribution in [-0.4, -0.2) is 90.1 Å². The van der Waals surface area contributed by atoms with Crippen molar-refractivity contribution in [1.82, 2.24) is 20.1 Å². The van der Waals surface area contributed by atoms with Gasteiger partial charge in [-0.15, -0.1) is 0 Å². The van der Waals surface area contributed by atoms with Gasteiger partial charge in [0.15, 0.2) is 0 Å². The molecule has 2 N–H and O–H groups in total. The van der Waals surface area contributed by atoms with Crippen molar-refractivity contribution in [3.63, 3.8) is 0 Å². The molecule has 4 rings (SSSR count). The molecule has 1 aromatic rings. The first-order valence-corrected chi connectivity index (χ1v) is 12.7. The van der Waals surface area contributed by atoms with E-state index in [4.69, 9.17) is 4.74 Å². The molecular formula is C25H38N6O4. The molecule has 35 heavy (non-hydrogen) atoms. The van der Waals surface area contributed by atoms with Crippen molar-refractivity contribution in [3.05, 3.63) is 18.3 Å². The fourth-order valence-corrected chi connectivity index (χ4v) is 4.85. The highest BCUT2D eigenvalue weighted by atomic mass is 16.6. The van der Waals surface area contributed by atoms with Crippen LogP contribution in [-0.2, 0) is 14.3 Å². The Bertz CT molecular complexity index is 900. The molecule has 4 heterocycles. The monoisotopic (exact) mass is 486 g/mol. The van der Waals surface area contributed by atoms with Crippen LogP contribution in [0.15, 0.2) is 18.3 Å². The molecule has 10 nitrogen and oxygen atoms in total. The van der Waals surface area contributed by atoms with Crippen LogP contribution < -0.4 is 15.5 Å². The van der Waals surface area contributed by atoms with Gasteiger partial charge in [0.1, 0.15) is 17.5 Å². The van der Waals surface area contributed by atoms with Crippen molar-refractivity contribution in [2.45, 2.75) is 58.1 Å². The summed E-state index contributed by atoms with van der Waals surface area (Å²) in [6.45, 7) is 12.2. The molecule has 192 valence electrons. The zero-order valence-corrected chi connectivity index (χ0v) is 21.1. The molecule has 0 aromatic carbocycles. The number of nitrogens with one attached hydrogen (secondary N) is 2. The molecular weight excluding hydrogens is 448 g/mol. The zero-order chi connectivity index (χ0) is 25.0. The first kappa shape index (κ1) is 25.2. The number of carbonyl (C=O) groups excluding carboxylic acids is 3. The summed E-state index contributed by atoms with van der Waals surface area (Å²) in [5.74, 6) is 0.736. The third-order valence-electron chi connectivity index (χ3n) is 6.83. The Morgan fingerprint density at radius 1 is 1.09 bits per heavy atom. The van der Waals surface area contributed by atoms with Crippen LogP contribution in [0.1, 0.15) is 46.5 Å². The summed E-state index contributed by atoms with van der Waals surface area (Å²) in [6.07, 6.45) is 4.51. The Morgan fingerprint density at radius 3 is 2.40 bits per heavy atom. The smallest absolute Gasteiger partial charge is 0.410 e. The molecule has 0 saturated carbocycles. The van der Waals surface area contributed by atoms with Crippen molar-refractivity contribution >= 4 is 29.4 Å². The lowest BCUT2D eigenvalue weighted by molar-refractivity contribution is -0.133. The fourth-order valence-electron chi connectivity index (χ4n) is 4.85. The largest absolute Gasteiger partial charge is 0.444 e. The van der Waals surface area contributed by atoms with E-state index in [9.17, 15) is 14.4 Å². The van der Waals surface area contributed by atoms with Crippen LogP contribution in [0.25, 0.3) is 0 Å². The number of imide groups is 1. The molecule has 1 unspecified atom stereocenters. The van der Waals surface area contributed by atoms with Gasteiger partial charge in [0.05, 0.1) is 11.9 Å². The maximum Gasteiger partial charge on any atom is 0.410 e. The lowest BCUT2D eigenvalue weighted by Gasteiger charge is -2.39. The number of piperidine rings is 2.